The zero-order chi connectivity index (χ0) is 17.1. The average molecular weight is 331 g/mol. The van der Waals surface area contributed by atoms with E-state index >= 15 is 0 Å². The predicted octanol–water partition coefficient (Wildman–Crippen LogP) is 3.90. The van der Waals surface area contributed by atoms with E-state index in [2.05, 4.69) is 5.32 Å². The number of benzene rings is 2. The predicted molar refractivity (Wildman–Crippen MR) is 95.3 cm³/mol. The van der Waals surface area contributed by atoms with Crippen LogP contribution in [0.15, 0.2) is 59.5 Å². The first-order valence-electron chi connectivity index (χ1n) is 7.81. The first-order valence-corrected chi connectivity index (χ1v) is 9.35. The van der Waals surface area contributed by atoms with Gasteiger partial charge in [0.05, 0.1) is 4.90 Å². The first-order chi connectivity index (χ1) is 10.7. The summed E-state index contributed by atoms with van der Waals surface area (Å²) >= 11 is 0. The molecule has 0 saturated carbocycles. The number of aryl methyl sites for hydroxylation is 1. The summed E-state index contributed by atoms with van der Waals surface area (Å²) in [6, 6.07) is 16.5. The van der Waals surface area contributed by atoms with Crippen LogP contribution in [-0.2, 0) is 9.84 Å². The third kappa shape index (κ3) is 4.66. The van der Waals surface area contributed by atoms with Crippen LogP contribution in [0, 0.1) is 6.92 Å². The topological polar surface area (TPSA) is 46.2 Å². The number of hydrogen-bond acceptors (Lipinski definition) is 3. The molecule has 0 saturated heterocycles. The Kier molecular flexibility index (Phi) is 5.27. The second-order valence-corrected chi connectivity index (χ2v) is 9.02. The van der Waals surface area contributed by atoms with Gasteiger partial charge in [-0.1, -0.05) is 48.0 Å². The van der Waals surface area contributed by atoms with Crippen molar-refractivity contribution in [3.8, 4) is 0 Å². The van der Waals surface area contributed by atoms with Crippen LogP contribution >= 0.6 is 0 Å². The van der Waals surface area contributed by atoms with Gasteiger partial charge in [-0.3, -0.25) is 0 Å². The third-order valence-corrected chi connectivity index (χ3v) is 5.83. The molecule has 124 valence electrons. The van der Waals surface area contributed by atoms with Gasteiger partial charge in [0, 0.05) is 12.1 Å². The Bertz CT molecular complexity index is 729. The fourth-order valence-electron chi connectivity index (χ4n) is 2.37. The molecule has 1 atom stereocenters. The molecule has 0 spiro atoms. The van der Waals surface area contributed by atoms with Crippen LogP contribution in [0.5, 0.6) is 0 Å². The molecule has 1 N–H and O–H groups in total. The van der Waals surface area contributed by atoms with Gasteiger partial charge in [0.15, 0.2) is 9.84 Å². The van der Waals surface area contributed by atoms with E-state index in [1.807, 2.05) is 70.2 Å². The van der Waals surface area contributed by atoms with E-state index in [4.69, 9.17) is 0 Å². The molecule has 3 nitrogen and oxygen atoms in total. The lowest BCUT2D eigenvalue weighted by molar-refractivity contribution is 0.423. The highest BCUT2D eigenvalue weighted by Gasteiger charge is 2.30. The van der Waals surface area contributed by atoms with Crippen LogP contribution in [0.3, 0.4) is 0 Å². The summed E-state index contributed by atoms with van der Waals surface area (Å²) in [5, 5.41) is 2.72. The van der Waals surface area contributed by atoms with E-state index in [9.17, 15) is 8.42 Å². The zero-order valence-corrected chi connectivity index (χ0v) is 15.0. The van der Waals surface area contributed by atoms with Crippen molar-refractivity contribution in [3.05, 3.63) is 65.7 Å². The van der Waals surface area contributed by atoms with Crippen molar-refractivity contribution >= 4 is 9.84 Å². The quantitative estimate of drug-likeness (QED) is 0.904. The van der Waals surface area contributed by atoms with Gasteiger partial charge in [-0.2, -0.15) is 0 Å². The van der Waals surface area contributed by atoms with E-state index in [1.54, 1.807) is 12.1 Å². The lowest BCUT2D eigenvalue weighted by Crippen LogP contribution is -2.40. The Hall–Kier alpha value is -1.65. The second-order valence-electron chi connectivity index (χ2n) is 6.89. The van der Waals surface area contributed by atoms with Crippen LogP contribution in [-0.4, -0.2) is 20.5 Å². The van der Waals surface area contributed by atoms with Gasteiger partial charge in [-0.25, -0.2) is 8.42 Å². The van der Waals surface area contributed by atoms with Crippen LogP contribution in [0.2, 0.25) is 0 Å². The SMILES string of the molecule is Cc1ccc(S(=O)(=O)C(CNC(C)(C)C)c2ccccc2)cc1. The first kappa shape index (κ1) is 17.7. The summed E-state index contributed by atoms with van der Waals surface area (Å²) in [6.45, 7) is 8.44. The van der Waals surface area contributed by atoms with Crippen molar-refractivity contribution in [2.24, 2.45) is 0 Å². The largest absolute Gasteiger partial charge is 0.310 e. The molecule has 0 aromatic heterocycles. The van der Waals surface area contributed by atoms with Gasteiger partial charge in [0.1, 0.15) is 5.25 Å². The van der Waals surface area contributed by atoms with Crippen molar-refractivity contribution in [1.29, 1.82) is 0 Å². The van der Waals surface area contributed by atoms with Crippen molar-refractivity contribution in [1.82, 2.24) is 5.32 Å². The average Bonchev–Trinajstić information content (AvgIpc) is 2.47. The minimum atomic E-state index is -3.46. The number of hydrogen-bond donors (Lipinski definition) is 1. The number of nitrogens with one attached hydrogen (secondary N) is 1. The minimum absolute atomic E-state index is 0.143. The van der Waals surface area contributed by atoms with E-state index in [1.165, 1.54) is 0 Å². The maximum Gasteiger partial charge on any atom is 0.186 e. The molecule has 0 aliphatic carbocycles. The monoisotopic (exact) mass is 331 g/mol. The van der Waals surface area contributed by atoms with E-state index in [-0.39, 0.29) is 5.54 Å². The van der Waals surface area contributed by atoms with Gasteiger partial charge in [0.2, 0.25) is 0 Å². The molecule has 0 heterocycles. The number of rotatable bonds is 5. The highest BCUT2D eigenvalue weighted by Crippen LogP contribution is 2.29. The van der Waals surface area contributed by atoms with Crippen molar-refractivity contribution in [3.63, 3.8) is 0 Å². The Morgan fingerprint density at radius 2 is 1.52 bits per heavy atom. The van der Waals surface area contributed by atoms with E-state index in [0.717, 1.165) is 11.1 Å². The summed E-state index contributed by atoms with van der Waals surface area (Å²) in [5.41, 5.74) is 1.72. The Labute approximate surface area is 139 Å². The van der Waals surface area contributed by atoms with E-state index < -0.39 is 15.1 Å². The van der Waals surface area contributed by atoms with Crippen molar-refractivity contribution in [2.45, 2.75) is 43.4 Å². The Balaban J connectivity index is 2.41. The zero-order valence-electron chi connectivity index (χ0n) is 14.2. The molecule has 0 radical (unpaired) electrons. The second kappa shape index (κ2) is 6.85. The molecular weight excluding hydrogens is 306 g/mol. The maximum atomic E-state index is 13.1. The normalized spacial score (nSPS) is 13.7. The lowest BCUT2D eigenvalue weighted by atomic mass is 10.1. The van der Waals surface area contributed by atoms with Gasteiger partial charge in [-0.15, -0.1) is 0 Å². The highest BCUT2D eigenvalue weighted by molar-refractivity contribution is 7.91. The van der Waals surface area contributed by atoms with Crippen molar-refractivity contribution in [2.75, 3.05) is 6.54 Å². The van der Waals surface area contributed by atoms with Crippen molar-refractivity contribution < 1.29 is 8.42 Å². The number of sulfone groups is 1. The molecular formula is C19H25NO2S. The van der Waals surface area contributed by atoms with Crippen LogP contribution < -0.4 is 5.32 Å². The fourth-order valence-corrected chi connectivity index (χ4v) is 4.03. The fraction of sp³-hybridized carbons (Fsp3) is 0.368. The Morgan fingerprint density at radius 1 is 0.957 bits per heavy atom. The minimum Gasteiger partial charge on any atom is -0.310 e. The lowest BCUT2D eigenvalue weighted by Gasteiger charge is -2.25. The van der Waals surface area contributed by atoms with Crippen LogP contribution in [0.25, 0.3) is 0 Å². The summed E-state index contributed by atoms with van der Waals surface area (Å²) in [4.78, 5) is 0.368. The van der Waals surface area contributed by atoms with E-state index in [0.29, 0.717) is 11.4 Å². The summed E-state index contributed by atoms with van der Waals surface area (Å²) in [6.07, 6.45) is 0. The molecule has 23 heavy (non-hydrogen) atoms. The standard InChI is InChI=1S/C19H25NO2S/c1-15-10-12-17(13-11-15)23(21,22)18(14-20-19(2,3)4)16-8-6-5-7-9-16/h5-13,18,20H,14H2,1-4H3. The summed E-state index contributed by atoms with van der Waals surface area (Å²) in [7, 11) is -3.46. The summed E-state index contributed by atoms with van der Waals surface area (Å²) in [5.74, 6) is 0. The molecule has 2 aromatic rings. The van der Waals surface area contributed by atoms with Gasteiger partial charge in [0.25, 0.3) is 0 Å². The molecule has 0 aliphatic heterocycles. The molecule has 0 fully saturated rings. The molecule has 0 amide bonds. The molecule has 2 aromatic carbocycles. The maximum absolute atomic E-state index is 13.1. The summed E-state index contributed by atoms with van der Waals surface area (Å²) < 4.78 is 26.2. The Morgan fingerprint density at radius 3 is 2.04 bits per heavy atom. The third-order valence-electron chi connectivity index (χ3n) is 3.71. The van der Waals surface area contributed by atoms with Gasteiger partial charge >= 0.3 is 0 Å². The highest BCUT2D eigenvalue weighted by atomic mass is 32.2. The molecule has 2 rings (SSSR count). The molecule has 4 heteroatoms. The van der Waals surface area contributed by atoms with Gasteiger partial charge < -0.3 is 5.32 Å². The van der Waals surface area contributed by atoms with Crippen LogP contribution in [0.4, 0.5) is 0 Å². The smallest absolute Gasteiger partial charge is 0.186 e. The van der Waals surface area contributed by atoms with Crippen LogP contribution in [0.1, 0.15) is 37.1 Å². The molecule has 0 aliphatic rings. The van der Waals surface area contributed by atoms with Gasteiger partial charge in [-0.05, 0) is 45.4 Å². The molecule has 1 unspecified atom stereocenters. The molecule has 0 bridgehead atoms.